The first-order chi connectivity index (χ1) is 7.24. The van der Waals surface area contributed by atoms with Gasteiger partial charge in [0.15, 0.2) is 6.29 Å². The highest BCUT2D eigenvalue weighted by Crippen LogP contribution is 2.28. The third kappa shape index (κ3) is 1.55. The molecular formula is C9H6N2O3S. The Balaban J connectivity index is 2.58. The van der Waals surface area contributed by atoms with E-state index in [0.29, 0.717) is 17.5 Å². The van der Waals surface area contributed by atoms with Crippen LogP contribution in [0.15, 0.2) is 17.8 Å². The number of nitrogens with one attached hydrogen (secondary N) is 1. The molecule has 2 aromatic rings. The molecule has 0 atom stereocenters. The molecule has 0 saturated carbocycles. The lowest BCUT2D eigenvalue weighted by Crippen LogP contribution is -1.96. The van der Waals surface area contributed by atoms with E-state index in [1.54, 1.807) is 11.4 Å². The topological polar surface area (TPSA) is 83.0 Å². The van der Waals surface area contributed by atoms with Gasteiger partial charge in [-0.25, -0.2) is 9.78 Å². The summed E-state index contributed by atoms with van der Waals surface area (Å²) in [6.07, 6.45) is 1.98. The van der Waals surface area contributed by atoms with Gasteiger partial charge in [0.2, 0.25) is 0 Å². The van der Waals surface area contributed by atoms with Gasteiger partial charge in [-0.05, 0) is 11.4 Å². The number of aldehydes is 1. The van der Waals surface area contributed by atoms with Crippen molar-refractivity contribution in [3.05, 3.63) is 28.3 Å². The standard InChI is InChI=1S/C9H6N2O3S/c12-3-6-7(11-4-10-6)5-1-2-15-8(5)9(13)14/h1-4H,(H,10,11)(H,13,14). The van der Waals surface area contributed by atoms with Gasteiger partial charge in [0.25, 0.3) is 0 Å². The fourth-order valence-electron chi connectivity index (χ4n) is 1.27. The Kier molecular flexibility index (Phi) is 2.34. The van der Waals surface area contributed by atoms with Gasteiger partial charge in [-0.2, -0.15) is 0 Å². The molecule has 0 aliphatic rings. The summed E-state index contributed by atoms with van der Waals surface area (Å²) in [6.45, 7) is 0. The van der Waals surface area contributed by atoms with Crippen molar-refractivity contribution in [2.75, 3.05) is 0 Å². The van der Waals surface area contributed by atoms with E-state index in [0.717, 1.165) is 11.3 Å². The Morgan fingerprint density at radius 2 is 2.40 bits per heavy atom. The number of carboxylic acids is 1. The summed E-state index contributed by atoms with van der Waals surface area (Å²) >= 11 is 1.11. The van der Waals surface area contributed by atoms with Gasteiger partial charge in [-0.3, -0.25) is 4.79 Å². The second-order valence-electron chi connectivity index (χ2n) is 2.75. The third-order valence-corrected chi connectivity index (χ3v) is 2.80. The van der Waals surface area contributed by atoms with Crippen LogP contribution in [0.1, 0.15) is 20.2 Å². The molecule has 0 fully saturated rings. The molecule has 0 radical (unpaired) electrons. The van der Waals surface area contributed by atoms with Gasteiger partial charge in [-0.15, -0.1) is 11.3 Å². The van der Waals surface area contributed by atoms with Crippen molar-refractivity contribution in [3.8, 4) is 11.3 Å². The third-order valence-electron chi connectivity index (χ3n) is 1.90. The SMILES string of the molecule is O=Cc1[nH]cnc1-c1ccsc1C(=O)O. The summed E-state index contributed by atoms with van der Waals surface area (Å²) in [6, 6.07) is 1.64. The van der Waals surface area contributed by atoms with Crippen LogP contribution in [0, 0.1) is 0 Å². The number of imidazole rings is 1. The largest absolute Gasteiger partial charge is 0.477 e. The molecule has 0 aromatic carbocycles. The average molecular weight is 222 g/mol. The Hall–Kier alpha value is -1.95. The zero-order chi connectivity index (χ0) is 10.8. The Morgan fingerprint density at radius 3 is 3.07 bits per heavy atom. The molecule has 2 N–H and O–H groups in total. The number of aromatic carboxylic acids is 1. The minimum Gasteiger partial charge on any atom is -0.477 e. The highest BCUT2D eigenvalue weighted by molar-refractivity contribution is 7.12. The van der Waals surface area contributed by atoms with Crippen LogP contribution in [0.3, 0.4) is 0 Å². The molecular weight excluding hydrogens is 216 g/mol. The summed E-state index contributed by atoms with van der Waals surface area (Å²) in [7, 11) is 0. The Labute approximate surface area is 88.4 Å². The van der Waals surface area contributed by atoms with Crippen LogP contribution in [0.25, 0.3) is 11.3 Å². The smallest absolute Gasteiger partial charge is 0.346 e. The predicted molar refractivity (Wildman–Crippen MR) is 54.2 cm³/mol. The fraction of sp³-hybridized carbons (Fsp3) is 0. The molecule has 6 heteroatoms. The lowest BCUT2D eigenvalue weighted by molar-refractivity contribution is 0.0702. The monoisotopic (exact) mass is 222 g/mol. The van der Waals surface area contributed by atoms with Gasteiger partial charge < -0.3 is 10.1 Å². The van der Waals surface area contributed by atoms with E-state index in [1.165, 1.54) is 6.33 Å². The van der Waals surface area contributed by atoms with Crippen molar-refractivity contribution in [3.63, 3.8) is 0 Å². The maximum absolute atomic E-state index is 10.9. The van der Waals surface area contributed by atoms with Crippen LogP contribution in [0.2, 0.25) is 0 Å². The number of nitrogens with zero attached hydrogens (tertiary/aromatic N) is 1. The molecule has 2 rings (SSSR count). The Morgan fingerprint density at radius 1 is 1.60 bits per heavy atom. The molecule has 5 nitrogen and oxygen atoms in total. The van der Waals surface area contributed by atoms with Crippen LogP contribution < -0.4 is 0 Å². The van der Waals surface area contributed by atoms with Gasteiger partial charge in [0.05, 0.1) is 6.33 Å². The van der Waals surface area contributed by atoms with E-state index >= 15 is 0 Å². The van der Waals surface area contributed by atoms with Crippen molar-refractivity contribution >= 4 is 23.6 Å². The normalized spacial score (nSPS) is 10.1. The van der Waals surface area contributed by atoms with Gasteiger partial charge in [0, 0.05) is 5.56 Å². The van der Waals surface area contributed by atoms with E-state index in [1.807, 2.05) is 0 Å². The number of aromatic nitrogens is 2. The van der Waals surface area contributed by atoms with E-state index in [4.69, 9.17) is 5.11 Å². The van der Waals surface area contributed by atoms with Crippen molar-refractivity contribution in [2.45, 2.75) is 0 Å². The molecule has 0 unspecified atom stereocenters. The number of rotatable bonds is 3. The van der Waals surface area contributed by atoms with Crippen LogP contribution in [0.5, 0.6) is 0 Å². The summed E-state index contributed by atoms with van der Waals surface area (Å²) in [5, 5.41) is 10.6. The average Bonchev–Trinajstić information content (AvgIpc) is 2.85. The van der Waals surface area contributed by atoms with Gasteiger partial charge in [-0.1, -0.05) is 0 Å². The molecule has 0 bridgehead atoms. The minimum atomic E-state index is -1.01. The van der Waals surface area contributed by atoms with E-state index < -0.39 is 5.97 Å². The second kappa shape index (κ2) is 3.66. The molecule has 0 saturated heterocycles. The summed E-state index contributed by atoms with van der Waals surface area (Å²) in [4.78, 5) is 28.3. The molecule has 2 heterocycles. The summed E-state index contributed by atoms with van der Waals surface area (Å²) in [5.41, 5.74) is 1.13. The highest BCUT2D eigenvalue weighted by atomic mass is 32.1. The lowest BCUT2D eigenvalue weighted by Gasteiger charge is -1.96. The molecule has 15 heavy (non-hydrogen) atoms. The van der Waals surface area contributed by atoms with Crippen molar-refractivity contribution < 1.29 is 14.7 Å². The number of aromatic amines is 1. The number of carboxylic acid groups (broad SMARTS) is 1. The molecule has 76 valence electrons. The number of H-pyrrole nitrogens is 1. The van der Waals surface area contributed by atoms with Crippen molar-refractivity contribution in [1.29, 1.82) is 0 Å². The van der Waals surface area contributed by atoms with Crippen LogP contribution in [-0.2, 0) is 0 Å². The number of carbonyl (C=O) groups is 2. The molecule has 0 aliphatic carbocycles. The zero-order valence-corrected chi connectivity index (χ0v) is 8.25. The molecule has 2 aromatic heterocycles. The zero-order valence-electron chi connectivity index (χ0n) is 7.43. The maximum atomic E-state index is 10.9. The van der Waals surface area contributed by atoms with Crippen molar-refractivity contribution in [2.24, 2.45) is 0 Å². The molecule has 0 spiro atoms. The number of carbonyl (C=O) groups excluding carboxylic acids is 1. The van der Waals surface area contributed by atoms with Gasteiger partial charge >= 0.3 is 5.97 Å². The van der Waals surface area contributed by atoms with Gasteiger partial charge in [0.1, 0.15) is 16.3 Å². The first-order valence-corrected chi connectivity index (χ1v) is 4.91. The van der Waals surface area contributed by atoms with E-state index in [9.17, 15) is 9.59 Å². The Bertz CT molecular complexity index is 515. The first kappa shape index (κ1) is 9.60. The number of thiophene rings is 1. The predicted octanol–water partition coefficient (Wildman–Crippen LogP) is 1.65. The number of hydrogen-bond donors (Lipinski definition) is 2. The lowest BCUT2D eigenvalue weighted by atomic mass is 10.1. The summed E-state index contributed by atoms with van der Waals surface area (Å²) < 4.78 is 0. The van der Waals surface area contributed by atoms with E-state index in [2.05, 4.69) is 9.97 Å². The fourth-order valence-corrected chi connectivity index (χ4v) is 2.00. The van der Waals surface area contributed by atoms with Crippen LogP contribution in [0.4, 0.5) is 0 Å². The number of hydrogen-bond acceptors (Lipinski definition) is 4. The summed E-state index contributed by atoms with van der Waals surface area (Å²) in [5.74, 6) is -1.01. The highest BCUT2D eigenvalue weighted by Gasteiger charge is 2.17. The first-order valence-electron chi connectivity index (χ1n) is 4.03. The van der Waals surface area contributed by atoms with Crippen LogP contribution in [-0.4, -0.2) is 27.3 Å². The van der Waals surface area contributed by atoms with Crippen molar-refractivity contribution in [1.82, 2.24) is 9.97 Å². The minimum absolute atomic E-state index is 0.185. The van der Waals surface area contributed by atoms with E-state index in [-0.39, 0.29) is 10.6 Å². The molecule has 0 aliphatic heterocycles. The quantitative estimate of drug-likeness (QED) is 0.773. The van der Waals surface area contributed by atoms with Crippen LogP contribution >= 0.6 is 11.3 Å². The maximum Gasteiger partial charge on any atom is 0.346 e. The molecule has 0 amide bonds. The second-order valence-corrected chi connectivity index (χ2v) is 3.67.